The van der Waals surface area contributed by atoms with Crippen LogP contribution in [0.1, 0.15) is 45.6 Å². The highest BCUT2D eigenvalue weighted by molar-refractivity contribution is 9.10. The minimum absolute atomic E-state index is 0.0404. The largest absolute Gasteiger partial charge is 0.444 e. The number of likely N-dealkylation sites (tertiary alicyclic amines) is 1. The molecule has 0 radical (unpaired) electrons. The van der Waals surface area contributed by atoms with E-state index in [0.717, 1.165) is 10.0 Å². The Kier molecular flexibility index (Phi) is 6.86. The molecule has 2 rings (SSSR count). The highest BCUT2D eigenvalue weighted by Gasteiger charge is 2.38. The highest BCUT2D eigenvalue weighted by atomic mass is 79.9. The van der Waals surface area contributed by atoms with Gasteiger partial charge in [-0.15, -0.1) is 0 Å². The first-order valence-corrected chi connectivity index (χ1v) is 9.77. The van der Waals surface area contributed by atoms with Gasteiger partial charge in [0.25, 0.3) is 0 Å². The van der Waals surface area contributed by atoms with Crippen LogP contribution >= 0.6 is 15.9 Å². The minimum atomic E-state index is -0.525. The zero-order chi connectivity index (χ0) is 19.4. The fourth-order valence-corrected chi connectivity index (χ4v) is 3.46. The first-order chi connectivity index (χ1) is 12.1. The molecule has 0 unspecified atom stereocenters. The number of benzene rings is 1. The number of nitrogens with zero attached hydrogens (tertiary/aromatic N) is 1. The summed E-state index contributed by atoms with van der Waals surface area (Å²) in [5.74, 6) is 0.118. The van der Waals surface area contributed by atoms with E-state index in [0.29, 0.717) is 38.8 Å². The standard InChI is InChI=1S/C20H28BrNO4/c1-19(2,3)26-18(25)22-10-8-20(14-23,9-11-22)13-17(24)12-15-4-6-16(21)7-5-15/h4-7,23H,8-14H2,1-3H3. The summed E-state index contributed by atoms with van der Waals surface area (Å²) in [4.78, 5) is 26.3. The van der Waals surface area contributed by atoms with Crippen LogP contribution in [0.2, 0.25) is 0 Å². The Morgan fingerprint density at radius 3 is 2.27 bits per heavy atom. The number of carbonyl (C=O) groups excluding carboxylic acids is 2. The predicted molar refractivity (Wildman–Crippen MR) is 104 cm³/mol. The van der Waals surface area contributed by atoms with Crippen LogP contribution in [0.25, 0.3) is 0 Å². The van der Waals surface area contributed by atoms with Crippen LogP contribution in [0.4, 0.5) is 4.79 Å². The fraction of sp³-hybridized carbons (Fsp3) is 0.600. The van der Waals surface area contributed by atoms with Gasteiger partial charge in [-0.1, -0.05) is 28.1 Å². The van der Waals surface area contributed by atoms with Gasteiger partial charge in [-0.3, -0.25) is 4.79 Å². The maximum Gasteiger partial charge on any atom is 0.410 e. The van der Waals surface area contributed by atoms with Crippen LogP contribution in [0, 0.1) is 5.41 Å². The summed E-state index contributed by atoms with van der Waals surface area (Å²) in [6.45, 7) is 6.48. The fourth-order valence-electron chi connectivity index (χ4n) is 3.19. The van der Waals surface area contributed by atoms with Crippen molar-refractivity contribution in [3.8, 4) is 0 Å². The summed E-state index contributed by atoms with van der Waals surface area (Å²) in [5.41, 5.74) is 0.00580. The second-order valence-electron chi connectivity index (χ2n) is 8.14. The monoisotopic (exact) mass is 425 g/mol. The molecule has 26 heavy (non-hydrogen) atoms. The number of carbonyl (C=O) groups is 2. The van der Waals surface area contributed by atoms with E-state index in [4.69, 9.17) is 4.74 Å². The normalized spacial score (nSPS) is 17.0. The molecule has 1 heterocycles. The van der Waals surface area contributed by atoms with Crippen LogP contribution in [0.15, 0.2) is 28.7 Å². The molecule has 6 heteroatoms. The third-order valence-electron chi connectivity index (χ3n) is 4.70. The van der Waals surface area contributed by atoms with Gasteiger partial charge >= 0.3 is 6.09 Å². The van der Waals surface area contributed by atoms with Crippen molar-refractivity contribution in [2.45, 2.75) is 52.1 Å². The zero-order valence-corrected chi connectivity index (χ0v) is 17.3. The first kappa shape index (κ1) is 20.9. The molecule has 0 spiro atoms. The maximum atomic E-state index is 12.5. The topological polar surface area (TPSA) is 66.8 Å². The molecule has 1 N–H and O–H groups in total. The molecule has 5 nitrogen and oxygen atoms in total. The van der Waals surface area contributed by atoms with Gasteiger partial charge < -0.3 is 14.7 Å². The molecular weight excluding hydrogens is 398 g/mol. The number of amides is 1. The number of ketones is 1. The van der Waals surface area contributed by atoms with Crippen LogP contribution in [-0.4, -0.2) is 47.2 Å². The number of aliphatic hydroxyl groups is 1. The van der Waals surface area contributed by atoms with Crippen molar-refractivity contribution in [1.82, 2.24) is 4.90 Å². The van der Waals surface area contributed by atoms with Gasteiger partial charge in [-0.2, -0.15) is 0 Å². The molecule has 0 aromatic heterocycles. The Balaban J connectivity index is 1.90. The molecular formula is C20H28BrNO4. The van der Waals surface area contributed by atoms with Gasteiger partial charge in [-0.25, -0.2) is 4.79 Å². The lowest BCUT2D eigenvalue weighted by Gasteiger charge is -2.40. The lowest BCUT2D eigenvalue weighted by molar-refractivity contribution is -0.122. The van der Waals surface area contributed by atoms with E-state index in [1.807, 2.05) is 45.0 Å². The number of rotatable bonds is 5. The van der Waals surface area contributed by atoms with Crippen molar-refractivity contribution in [1.29, 1.82) is 0 Å². The van der Waals surface area contributed by atoms with Crippen molar-refractivity contribution in [3.63, 3.8) is 0 Å². The van der Waals surface area contributed by atoms with Crippen molar-refractivity contribution >= 4 is 27.8 Å². The molecule has 1 aromatic rings. The third kappa shape index (κ3) is 6.09. The molecule has 0 bridgehead atoms. The van der Waals surface area contributed by atoms with Crippen LogP contribution in [-0.2, 0) is 16.0 Å². The Morgan fingerprint density at radius 1 is 1.19 bits per heavy atom. The minimum Gasteiger partial charge on any atom is -0.444 e. The number of aliphatic hydroxyl groups excluding tert-OH is 1. The Hall–Kier alpha value is -1.40. The van der Waals surface area contributed by atoms with Gasteiger partial charge in [0.05, 0.1) is 0 Å². The molecule has 1 aliphatic rings. The lowest BCUT2D eigenvalue weighted by Crippen LogP contribution is -2.47. The van der Waals surface area contributed by atoms with Crippen molar-refractivity contribution < 1.29 is 19.4 Å². The Labute approximate surface area is 163 Å². The van der Waals surface area contributed by atoms with Crippen LogP contribution in [0.5, 0.6) is 0 Å². The Morgan fingerprint density at radius 2 is 1.77 bits per heavy atom. The SMILES string of the molecule is CC(C)(C)OC(=O)N1CCC(CO)(CC(=O)Cc2ccc(Br)cc2)CC1. The number of ether oxygens (including phenoxy) is 1. The van der Waals surface area contributed by atoms with E-state index in [-0.39, 0.29) is 18.5 Å². The molecule has 1 amide bonds. The third-order valence-corrected chi connectivity index (χ3v) is 5.23. The van der Waals surface area contributed by atoms with Crippen LogP contribution < -0.4 is 0 Å². The van der Waals surface area contributed by atoms with Crippen molar-refractivity contribution in [2.24, 2.45) is 5.41 Å². The molecule has 1 aliphatic heterocycles. The first-order valence-electron chi connectivity index (χ1n) is 8.97. The van der Waals surface area contributed by atoms with Gasteiger partial charge in [0.15, 0.2) is 0 Å². The summed E-state index contributed by atoms with van der Waals surface area (Å²) in [6, 6.07) is 7.70. The van der Waals surface area contributed by atoms with Crippen molar-refractivity contribution in [2.75, 3.05) is 19.7 Å². The second-order valence-corrected chi connectivity index (χ2v) is 9.06. The molecule has 0 aliphatic carbocycles. The van der Waals surface area contributed by atoms with Gasteiger partial charge in [0, 0.05) is 42.4 Å². The van der Waals surface area contributed by atoms with Crippen molar-refractivity contribution in [3.05, 3.63) is 34.3 Å². The van der Waals surface area contributed by atoms with E-state index < -0.39 is 11.0 Å². The molecule has 0 saturated carbocycles. The summed E-state index contributed by atoms with van der Waals surface area (Å²) >= 11 is 3.39. The molecule has 1 saturated heterocycles. The van der Waals surface area contributed by atoms with Gasteiger partial charge in [0.2, 0.25) is 0 Å². The zero-order valence-electron chi connectivity index (χ0n) is 15.8. The lowest BCUT2D eigenvalue weighted by atomic mass is 9.74. The number of hydrogen-bond acceptors (Lipinski definition) is 4. The summed E-state index contributed by atoms with van der Waals surface area (Å²) in [6.07, 6.45) is 1.58. The average molecular weight is 426 g/mol. The summed E-state index contributed by atoms with van der Waals surface area (Å²) in [7, 11) is 0. The molecule has 0 atom stereocenters. The predicted octanol–water partition coefficient (Wildman–Crippen LogP) is 3.96. The second kappa shape index (κ2) is 8.53. The van der Waals surface area contributed by atoms with E-state index >= 15 is 0 Å². The van der Waals surface area contributed by atoms with E-state index in [9.17, 15) is 14.7 Å². The smallest absolute Gasteiger partial charge is 0.410 e. The molecule has 1 aromatic carbocycles. The van der Waals surface area contributed by atoms with E-state index in [1.54, 1.807) is 4.90 Å². The number of piperidine rings is 1. The number of halogens is 1. The van der Waals surface area contributed by atoms with E-state index in [2.05, 4.69) is 15.9 Å². The average Bonchev–Trinajstić information content (AvgIpc) is 2.56. The summed E-state index contributed by atoms with van der Waals surface area (Å²) < 4.78 is 6.38. The van der Waals surface area contributed by atoms with Gasteiger partial charge in [-0.05, 0) is 51.3 Å². The summed E-state index contributed by atoms with van der Waals surface area (Å²) in [5, 5.41) is 9.91. The Bertz CT molecular complexity index is 628. The molecule has 1 fully saturated rings. The van der Waals surface area contributed by atoms with E-state index in [1.165, 1.54) is 0 Å². The number of Topliss-reactive ketones (excluding diaryl/α,β-unsaturated/α-hetero) is 1. The quantitative estimate of drug-likeness (QED) is 0.774. The number of hydrogen-bond donors (Lipinski definition) is 1. The molecule has 144 valence electrons. The van der Waals surface area contributed by atoms with Gasteiger partial charge in [0.1, 0.15) is 11.4 Å². The highest BCUT2D eigenvalue weighted by Crippen LogP contribution is 2.35. The van der Waals surface area contributed by atoms with Crippen LogP contribution in [0.3, 0.4) is 0 Å². The maximum absolute atomic E-state index is 12.5.